The predicted octanol–water partition coefficient (Wildman–Crippen LogP) is 3.21. The lowest BCUT2D eigenvalue weighted by molar-refractivity contribution is -0.122. The standard InChI is InChI=1S/C16H18FN3OS.ClH/c1-9(18)15(21)19-12-3-2-4-13-14(12)22-16(20-13)10-5-7-11(17)8-6-10;/h5-9,12H,2-4,18H2,1H3,(H,19,21);1H/t9-,12?;/m0./s1. The summed E-state index contributed by atoms with van der Waals surface area (Å²) in [6, 6.07) is 5.80. The van der Waals surface area contributed by atoms with E-state index in [1.165, 1.54) is 12.1 Å². The van der Waals surface area contributed by atoms with E-state index in [9.17, 15) is 9.18 Å². The van der Waals surface area contributed by atoms with Crippen LogP contribution in [0.25, 0.3) is 10.6 Å². The summed E-state index contributed by atoms with van der Waals surface area (Å²) in [6.07, 6.45) is 2.80. The first kappa shape index (κ1) is 17.8. The second-order valence-electron chi connectivity index (χ2n) is 5.58. The molecule has 23 heavy (non-hydrogen) atoms. The first-order chi connectivity index (χ1) is 10.5. The van der Waals surface area contributed by atoms with Crippen molar-refractivity contribution in [2.45, 2.75) is 38.3 Å². The average molecular weight is 356 g/mol. The molecule has 7 heteroatoms. The third-order valence-corrected chi connectivity index (χ3v) is 5.03. The molecule has 2 atom stereocenters. The Bertz CT molecular complexity index is 687. The maximum absolute atomic E-state index is 13.0. The van der Waals surface area contributed by atoms with Crippen molar-refractivity contribution in [1.82, 2.24) is 10.3 Å². The largest absolute Gasteiger partial charge is 0.347 e. The number of nitrogens with zero attached hydrogens (tertiary/aromatic N) is 1. The molecule has 1 aliphatic carbocycles. The van der Waals surface area contributed by atoms with Crippen LogP contribution in [0.2, 0.25) is 0 Å². The molecule has 1 heterocycles. The average Bonchev–Trinajstić information content (AvgIpc) is 2.93. The molecule has 1 amide bonds. The number of carbonyl (C=O) groups is 1. The summed E-state index contributed by atoms with van der Waals surface area (Å²) in [4.78, 5) is 17.6. The van der Waals surface area contributed by atoms with Crippen LogP contribution in [-0.2, 0) is 11.2 Å². The fraction of sp³-hybridized carbons (Fsp3) is 0.375. The van der Waals surface area contributed by atoms with Gasteiger partial charge in [0.25, 0.3) is 0 Å². The van der Waals surface area contributed by atoms with E-state index < -0.39 is 6.04 Å². The van der Waals surface area contributed by atoms with Gasteiger partial charge in [0.2, 0.25) is 5.91 Å². The van der Waals surface area contributed by atoms with Gasteiger partial charge in [0.05, 0.1) is 22.7 Å². The first-order valence-electron chi connectivity index (χ1n) is 7.36. The van der Waals surface area contributed by atoms with Crippen LogP contribution in [-0.4, -0.2) is 16.9 Å². The zero-order chi connectivity index (χ0) is 15.7. The van der Waals surface area contributed by atoms with Crippen molar-refractivity contribution in [2.24, 2.45) is 5.73 Å². The Morgan fingerprint density at radius 3 is 2.78 bits per heavy atom. The predicted molar refractivity (Wildman–Crippen MR) is 92.2 cm³/mol. The molecule has 0 saturated carbocycles. The lowest BCUT2D eigenvalue weighted by Gasteiger charge is -2.23. The second-order valence-corrected chi connectivity index (χ2v) is 6.61. The van der Waals surface area contributed by atoms with Gasteiger partial charge in [-0.2, -0.15) is 0 Å². The molecule has 1 unspecified atom stereocenters. The lowest BCUT2D eigenvalue weighted by Crippen LogP contribution is -2.40. The van der Waals surface area contributed by atoms with Crippen molar-refractivity contribution in [3.05, 3.63) is 40.7 Å². The number of hydrogen-bond acceptors (Lipinski definition) is 4. The van der Waals surface area contributed by atoms with Gasteiger partial charge in [0, 0.05) is 5.56 Å². The number of halogens is 2. The van der Waals surface area contributed by atoms with Crippen molar-refractivity contribution in [3.8, 4) is 10.6 Å². The number of amides is 1. The molecular weight excluding hydrogens is 337 g/mol. The molecule has 1 aromatic heterocycles. The molecule has 0 saturated heterocycles. The van der Waals surface area contributed by atoms with Crippen molar-refractivity contribution in [2.75, 3.05) is 0 Å². The van der Waals surface area contributed by atoms with Gasteiger partial charge in [0.1, 0.15) is 10.8 Å². The van der Waals surface area contributed by atoms with Gasteiger partial charge in [-0.15, -0.1) is 23.7 Å². The minimum atomic E-state index is -0.519. The zero-order valence-corrected chi connectivity index (χ0v) is 14.3. The number of aromatic nitrogens is 1. The summed E-state index contributed by atoms with van der Waals surface area (Å²) < 4.78 is 13.0. The summed E-state index contributed by atoms with van der Waals surface area (Å²) in [5.74, 6) is -0.401. The molecule has 0 bridgehead atoms. The molecule has 3 N–H and O–H groups in total. The molecule has 0 fully saturated rings. The van der Waals surface area contributed by atoms with E-state index in [4.69, 9.17) is 5.73 Å². The van der Waals surface area contributed by atoms with Crippen molar-refractivity contribution in [3.63, 3.8) is 0 Å². The van der Waals surface area contributed by atoms with Crippen molar-refractivity contribution in [1.29, 1.82) is 0 Å². The van der Waals surface area contributed by atoms with Crippen LogP contribution in [0.5, 0.6) is 0 Å². The summed E-state index contributed by atoms with van der Waals surface area (Å²) in [6.45, 7) is 1.68. The smallest absolute Gasteiger partial charge is 0.237 e. The van der Waals surface area contributed by atoms with Gasteiger partial charge >= 0.3 is 0 Å². The quantitative estimate of drug-likeness (QED) is 0.888. The topological polar surface area (TPSA) is 68.0 Å². The van der Waals surface area contributed by atoms with Gasteiger partial charge < -0.3 is 11.1 Å². The van der Waals surface area contributed by atoms with Crippen LogP contribution in [0.3, 0.4) is 0 Å². The van der Waals surface area contributed by atoms with Crippen LogP contribution in [0, 0.1) is 5.82 Å². The SMILES string of the molecule is C[C@H](N)C(=O)NC1CCCc2nc(-c3ccc(F)cc3)sc21.Cl. The molecule has 124 valence electrons. The highest BCUT2D eigenvalue weighted by molar-refractivity contribution is 7.15. The Balaban J connectivity index is 0.00000192. The number of rotatable bonds is 3. The van der Waals surface area contributed by atoms with Crippen LogP contribution >= 0.6 is 23.7 Å². The van der Waals surface area contributed by atoms with Crippen LogP contribution < -0.4 is 11.1 Å². The number of fused-ring (bicyclic) bond motifs is 1. The molecule has 0 spiro atoms. The normalized spacial score (nSPS) is 17.8. The number of benzene rings is 1. The van der Waals surface area contributed by atoms with Gasteiger partial charge in [-0.3, -0.25) is 4.79 Å². The van der Waals surface area contributed by atoms with Crippen LogP contribution in [0.1, 0.15) is 36.4 Å². The maximum atomic E-state index is 13.0. The third kappa shape index (κ3) is 3.88. The molecule has 1 aromatic carbocycles. The van der Waals surface area contributed by atoms with Gasteiger partial charge in [-0.1, -0.05) is 0 Å². The Hall–Kier alpha value is -1.50. The molecule has 1 aliphatic rings. The number of carbonyl (C=O) groups excluding carboxylic acids is 1. The van der Waals surface area contributed by atoms with Crippen LogP contribution in [0.4, 0.5) is 4.39 Å². The summed E-state index contributed by atoms with van der Waals surface area (Å²) in [7, 11) is 0. The molecule has 0 aliphatic heterocycles. The maximum Gasteiger partial charge on any atom is 0.237 e. The second kappa shape index (κ2) is 7.38. The van der Waals surface area contributed by atoms with Crippen molar-refractivity contribution >= 4 is 29.7 Å². The van der Waals surface area contributed by atoms with E-state index in [1.54, 1.807) is 30.4 Å². The number of hydrogen-bond donors (Lipinski definition) is 2. The third-order valence-electron chi connectivity index (χ3n) is 3.77. The Morgan fingerprint density at radius 1 is 1.43 bits per heavy atom. The van der Waals surface area contributed by atoms with Gasteiger partial charge in [0.15, 0.2) is 0 Å². The molecule has 4 nitrogen and oxygen atoms in total. The van der Waals surface area contributed by atoms with E-state index in [-0.39, 0.29) is 30.2 Å². The van der Waals surface area contributed by atoms with E-state index in [1.807, 2.05) is 0 Å². The Labute approximate surface area is 144 Å². The number of nitrogens with two attached hydrogens (primary N) is 1. The minimum absolute atomic E-state index is 0. The molecule has 3 rings (SSSR count). The highest BCUT2D eigenvalue weighted by Crippen LogP contribution is 2.37. The van der Waals surface area contributed by atoms with Crippen LogP contribution in [0.15, 0.2) is 24.3 Å². The molecule has 0 radical (unpaired) electrons. The van der Waals surface area contributed by atoms with E-state index in [2.05, 4.69) is 10.3 Å². The molecule has 2 aromatic rings. The summed E-state index contributed by atoms with van der Waals surface area (Å²) in [5.41, 5.74) is 7.56. The molecular formula is C16H19ClFN3OS. The summed E-state index contributed by atoms with van der Waals surface area (Å²) >= 11 is 1.57. The number of thiazole rings is 1. The monoisotopic (exact) mass is 355 g/mol. The first-order valence-corrected chi connectivity index (χ1v) is 8.17. The van der Waals surface area contributed by atoms with E-state index >= 15 is 0 Å². The van der Waals surface area contributed by atoms with Gasteiger partial charge in [-0.25, -0.2) is 9.37 Å². The number of nitrogens with one attached hydrogen (secondary N) is 1. The van der Waals surface area contributed by atoms with E-state index in [0.717, 1.165) is 40.4 Å². The highest BCUT2D eigenvalue weighted by atomic mass is 35.5. The van der Waals surface area contributed by atoms with E-state index in [0.29, 0.717) is 0 Å². The highest BCUT2D eigenvalue weighted by Gasteiger charge is 2.26. The minimum Gasteiger partial charge on any atom is -0.347 e. The fourth-order valence-electron chi connectivity index (χ4n) is 2.58. The Morgan fingerprint density at radius 2 is 2.13 bits per heavy atom. The lowest BCUT2D eigenvalue weighted by atomic mass is 9.98. The van der Waals surface area contributed by atoms with Crippen molar-refractivity contribution < 1.29 is 9.18 Å². The fourth-order valence-corrected chi connectivity index (χ4v) is 3.78. The van der Waals surface area contributed by atoms with Gasteiger partial charge in [-0.05, 0) is 50.5 Å². The number of aryl methyl sites for hydroxylation is 1. The summed E-state index contributed by atoms with van der Waals surface area (Å²) in [5, 5.41) is 3.86. The Kier molecular flexibility index (Phi) is 5.73. The zero-order valence-electron chi connectivity index (χ0n) is 12.7.